The third kappa shape index (κ3) is 2.92. The molecule has 1 aliphatic rings. The van der Waals surface area contributed by atoms with Crippen LogP contribution in [0, 0.1) is 6.92 Å². The van der Waals surface area contributed by atoms with E-state index in [-0.39, 0.29) is 0 Å². The number of anilines is 1. The van der Waals surface area contributed by atoms with Crippen LogP contribution in [0.1, 0.15) is 18.5 Å². The van der Waals surface area contributed by atoms with E-state index in [1.807, 2.05) is 19.1 Å². The molecule has 0 saturated carbocycles. The van der Waals surface area contributed by atoms with Gasteiger partial charge in [0, 0.05) is 17.1 Å². The molecule has 1 aromatic heterocycles. The Morgan fingerprint density at radius 3 is 3.07 bits per heavy atom. The van der Waals surface area contributed by atoms with Crippen LogP contribution >= 0.6 is 15.9 Å². The van der Waals surface area contributed by atoms with E-state index in [9.17, 15) is 0 Å². The molecule has 0 aromatic carbocycles. The van der Waals surface area contributed by atoms with Gasteiger partial charge in [0.1, 0.15) is 5.82 Å². The molecule has 2 heterocycles. The SMILES string of the molecule is Cc1nc(NC2CCCNC2)ccc1Br. The molecule has 1 unspecified atom stereocenters. The van der Waals surface area contributed by atoms with E-state index in [1.165, 1.54) is 12.8 Å². The van der Waals surface area contributed by atoms with Gasteiger partial charge in [0.25, 0.3) is 0 Å². The maximum atomic E-state index is 4.48. The smallest absolute Gasteiger partial charge is 0.126 e. The number of hydrogen-bond donors (Lipinski definition) is 2. The first-order chi connectivity index (χ1) is 7.25. The van der Waals surface area contributed by atoms with Gasteiger partial charge in [-0.15, -0.1) is 0 Å². The summed E-state index contributed by atoms with van der Waals surface area (Å²) in [5.41, 5.74) is 1.03. The van der Waals surface area contributed by atoms with E-state index in [2.05, 4.69) is 31.5 Å². The second-order valence-electron chi connectivity index (χ2n) is 3.95. The summed E-state index contributed by atoms with van der Waals surface area (Å²) in [5, 5.41) is 6.84. The summed E-state index contributed by atoms with van der Waals surface area (Å²) in [7, 11) is 0. The summed E-state index contributed by atoms with van der Waals surface area (Å²) < 4.78 is 1.06. The minimum absolute atomic E-state index is 0.520. The van der Waals surface area contributed by atoms with Crippen LogP contribution in [-0.4, -0.2) is 24.1 Å². The summed E-state index contributed by atoms with van der Waals surface area (Å²) in [6, 6.07) is 4.58. The van der Waals surface area contributed by atoms with Crippen LogP contribution in [-0.2, 0) is 0 Å². The van der Waals surface area contributed by atoms with Crippen molar-refractivity contribution in [2.45, 2.75) is 25.8 Å². The highest BCUT2D eigenvalue weighted by Crippen LogP contribution is 2.17. The number of aromatic nitrogens is 1. The molecular formula is C11H16BrN3. The fourth-order valence-electron chi connectivity index (χ4n) is 1.81. The van der Waals surface area contributed by atoms with Crippen LogP contribution in [0.2, 0.25) is 0 Å². The number of piperidine rings is 1. The van der Waals surface area contributed by atoms with Crippen LogP contribution in [0.3, 0.4) is 0 Å². The lowest BCUT2D eigenvalue weighted by atomic mass is 10.1. The Morgan fingerprint density at radius 1 is 1.53 bits per heavy atom. The zero-order valence-corrected chi connectivity index (χ0v) is 10.5. The summed E-state index contributed by atoms with van der Waals surface area (Å²) >= 11 is 3.45. The fourth-order valence-corrected chi connectivity index (χ4v) is 2.03. The summed E-state index contributed by atoms with van der Waals surface area (Å²) in [6.07, 6.45) is 2.47. The van der Waals surface area contributed by atoms with Crippen molar-refractivity contribution in [3.63, 3.8) is 0 Å². The molecule has 2 N–H and O–H groups in total. The zero-order valence-electron chi connectivity index (χ0n) is 8.89. The topological polar surface area (TPSA) is 37.0 Å². The molecule has 4 heteroatoms. The van der Waals surface area contributed by atoms with Crippen LogP contribution in [0.5, 0.6) is 0 Å². The molecule has 15 heavy (non-hydrogen) atoms. The van der Waals surface area contributed by atoms with Crippen LogP contribution in [0.15, 0.2) is 16.6 Å². The average Bonchev–Trinajstić information content (AvgIpc) is 2.25. The predicted molar refractivity (Wildman–Crippen MR) is 66.2 cm³/mol. The molecule has 0 radical (unpaired) electrons. The minimum Gasteiger partial charge on any atom is -0.366 e. The highest BCUT2D eigenvalue weighted by molar-refractivity contribution is 9.10. The molecule has 1 fully saturated rings. The molecule has 0 amide bonds. The van der Waals surface area contributed by atoms with Crippen molar-refractivity contribution >= 4 is 21.7 Å². The molecule has 1 aromatic rings. The van der Waals surface area contributed by atoms with E-state index in [4.69, 9.17) is 0 Å². The second kappa shape index (κ2) is 4.94. The maximum Gasteiger partial charge on any atom is 0.126 e. The van der Waals surface area contributed by atoms with Gasteiger partial charge >= 0.3 is 0 Å². The summed E-state index contributed by atoms with van der Waals surface area (Å²) in [5.74, 6) is 0.976. The minimum atomic E-state index is 0.520. The quantitative estimate of drug-likeness (QED) is 0.866. The molecule has 0 bridgehead atoms. The van der Waals surface area contributed by atoms with Gasteiger partial charge in [0.05, 0.1) is 5.69 Å². The van der Waals surface area contributed by atoms with Crippen LogP contribution < -0.4 is 10.6 Å². The second-order valence-corrected chi connectivity index (χ2v) is 4.81. The highest BCUT2D eigenvalue weighted by atomic mass is 79.9. The average molecular weight is 270 g/mol. The zero-order chi connectivity index (χ0) is 10.7. The third-order valence-electron chi connectivity index (χ3n) is 2.67. The standard InChI is InChI=1S/C11H16BrN3/c1-8-10(12)4-5-11(14-8)15-9-3-2-6-13-7-9/h4-5,9,13H,2-3,6-7H2,1H3,(H,14,15). The lowest BCUT2D eigenvalue weighted by molar-refractivity contribution is 0.479. The first-order valence-corrected chi connectivity index (χ1v) is 6.15. The first kappa shape index (κ1) is 10.9. The predicted octanol–water partition coefficient (Wildman–Crippen LogP) is 2.32. The van der Waals surface area contributed by atoms with Crippen molar-refractivity contribution in [3.8, 4) is 0 Å². The van der Waals surface area contributed by atoms with E-state index >= 15 is 0 Å². The van der Waals surface area contributed by atoms with Crippen LogP contribution in [0.25, 0.3) is 0 Å². The van der Waals surface area contributed by atoms with Crippen molar-refractivity contribution in [1.29, 1.82) is 0 Å². The van der Waals surface area contributed by atoms with E-state index in [0.717, 1.165) is 29.1 Å². The number of hydrogen-bond acceptors (Lipinski definition) is 3. The van der Waals surface area contributed by atoms with Gasteiger partial charge in [-0.25, -0.2) is 4.98 Å². The molecule has 2 rings (SSSR count). The lowest BCUT2D eigenvalue weighted by Gasteiger charge is -2.24. The van der Waals surface area contributed by atoms with Crippen molar-refractivity contribution in [2.24, 2.45) is 0 Å². The molecular weight excluding hydrogens is 254 g/mol. The number of nitrogens with one attached hydrogen (secondary N) is 2. The van der Waals surface area contributed by atoms with Gasteiger partial charge < -0.3 is 10.6 Å². The van der Waals surface area contributed by atoms with Crippen molar-refractivity contribution in [1.82, 2.24) is 10.3 Å². The van der Waals surface area contributed by atoms with E-state index in [1.54, 1.807) is 0 Å². The molecule has 1 saturated heterocycles. The Labute approximate surface area is 98.8 Å². The fraction of sp³-hybridized carbons (Fsp3) is 0.545. The Bertz CT molecular complexity index is 335. The van der Waals surface area contributed by atoms with Gasteiger partial charge in [-0.3, -0.25) is 0 Å². The molecule has 1 atom stereocenters. The molecule has 0 aliphatic carbocycles. The number of rotatable bonds is 2. The number of aryl methyl sites for hydroxylation is 1. The van der Waals surface area contributed by atoms with Crippen LogP contribution in [0.4, 0.5) is 5.82 Å². The van der Waals surface area contributed by atoms with Crippen molar-refractivity contribution < 1.29 is 0 Å². The Morgan fingerprint density at radius 2 is 2.40 bits per heavy atom. The van der Waals surface area contributed by atoms with Gasteiger partial charge in [-0.05, 0) is 54.4 Å². The third-order valence-corrected chi connectivity index (χ3v) is 3.51. The summed E-state index contributed by atoms with van der Waals surface area (Å²) in [6.45, 7) is 4.19. The van der Waals surface area contributed by atoms with Crippen molar-refractivity contribution in [3.05, 3.63) is 22.3 Å². The summed E-state index contributed by atoms with van der Waals surface area (Å²) in [4.78, 5) is 4.48. The van der Waals surface area contributed by atoms with E-state index in [0.29, 0.717) is 6.04 Å². The highest BCUT2D eigenvalue weighted by Gasteiger charge is 2.12. The van der Waals surface area contributed by atoms with Gasteiger partial charge in [-0.2, -0.15) is 0 Å². The largest absolute Gasteiger partial charge is 0.366 e. The number of nitrogens with zero attached hydrogens (tertiary/aromatic N) is 1. The molecule has 82 valence electrons. The number of halogens is 1. The normalized spacial score (nSPS) is 21.3. The first-order valence-electron chi connectivity index (χ1n) is 5.36. The molecule has 1 aliphatic heterocycles. The molecule has 0 spiro atoms. The van der Waals surface area contributed by atoms with E-state index < -0.39 is 0 Å². The van der Waals surface area contributed by atoms with Gasteiger partial charge in [-0.1, -0.05) is 0 Å². The Balaban J connectivity index is 2.00. The van der Waals surface area contributed by atoms with Gasteiger partial charge in [0.2, 0.25) is 0 Å². The Kier molecular flexibility index (Phi) is 3.59. The monoisotopic (exact) mass is 269 g/mol. The Hall–Kier alpha value is -0.610. The van der Waals surface area contributed by atoms with Gasteiger partial charge in [0.15, 0.2) is 0 Å². The maximum absolute atomic E-state index is 4.48. The van der Waals surface area contributed by atoms with Crippen molar-refractivity contribution in [2.75, 3.05) is 18.4 Å². The lowest BCUT2D eigenvalue weighted by Crippen LogP contribution is -2.38. The number of pyridine rings is 1. The molecule has 3 nitrogen and oxygen atoms in total.